The maximum atomic E-state index is 12.9. The third-order valence-corrected chi connectivity index (χ3v) is 5.31. The Morgan fingerprint density at radius 1 is 1.14 bits per heavy atom. The van der Waals surface area contributed by atoms with E-state index in [-0.39, 0.29) is 16.4 Å². The summed E-state index contributed by atoms with van der Waals surface area (Å²) in [5.74, 6) is 0.143. The van der Waals surface area contributed by atoms with E-state index in [4.69, 9.17) is 4.74 Å². The van der Waals surface area contributed by atoms with E-state index in [9.17, 15) is 21.6 Å². The SMILES string of the molecule is CNS(=O)(=O)c1ccc(Oc2cccc(C(F)(F)F)c2)c(-c2cn(C)cn2)c1. The van der Waals surface area contributed by atoms with E-state index in [1.54, 1.807) is 17.8 Å². The second-order valence-electron chi connectivity index (χ2n) is 5.92. The molecule has 148 valence electrons. The van der Waals surface area contributed by atoms with Gasteiger partial charge in [0.2, 0.25) is 10.0 Å². The molecule has 0 unspecified atom stereocenters. The van der Waals surface area contributed by atoms with Crippen molar-refractivity contribution >= 4 is 10.0 Å². The van der Waals surface area contributed by atoms with Crippen molar-refractivity contribution in [1.29, 1.82) is 0 Å². The predicted molar refractivity (Wildman–Crippen MR) is 96.4 cm³/mol. The first-order valence-corrected chi connectivity index (χ1v) is 9.49. The van der Waals surface area contributed by atoms with Crippen molar-refractivity contribution in [3.63, 3.8) is 0 Å². The fourth-order valence-electron chi connectivity index (χ4n) is 2.50. The molecule has 0 aliphatic carbocycles. The van der Waals surface area contributed by atoms with E-state index >= 15 is 0 Å². The van der Waals surface area contributed by atoms with Gasteiger partial charge in [0.1, 0.15) is 11.5 Å². The fraction of sp³-hybridized carbons (Fsp3) is 0.167. The van der Waals surface area contributed by atoms with E-state index in [1.165, 1.54) is 43.7 Å². The molecule has 0 atom stereocenters. The highest BCUT2D eigenvalue weighted by Crippen LogP contribution is 2.36. The molecule has 10 heteroatoms. The zero-order valence-corrected chi connectivity index (χ0v) is 15.7. The highest BCUT2D eigenvalue weighted by Gasteiger charge is 2.30. The summed E-state index contributed by atoms with van der Waals surface area (Å²) in [5, 5.41) is 0. The van der Waals surface area contributed by atoms with Gasteiger partial charge in [0, 0.05) is 18.8 Å². The summed E-state index contributed by atoms with van der Waals surface area (Å²) in [6, 6.07) is 8.48. The number of hydrogen-bond donors (Lipinski definition) is 1. The number of hydrogen-bond acceptors (Lipinski definition) is 4. The number of halogens is 3. The maximum Gasteiger partial charge on any atom is 0.416 e. The quantitative estimate of drug-likeness (QED) is 0.693. The molecule has 6 nitrogen and oxygen atoms in total. The first-order chi connectivity index (χ1) is 13.1. The Morgan fingerprint density at radius 3 is 2.50 bits per heavy atom. The number of aryl methyl sites for hydroxylation is 1. The van der Waals surface area contributed by atoms with Gasteiger partial charge in [-0.25, -0.2) is 18.1 Å². The van der Waals surface area contributed by atoms with E-state index in [0.717, 1.165) is 12.1 Å². The minimum absolute atomic E-state index is 0.0213. The predicted octanol–water partition coefficient (Wildman–Crippen LogP) is 3.81. The Balaban J connectivity index is 2.08. The van der Waals surface area contributed by atoms with E-state index in [0.29, 0.717) is 11.3 Å². The van der Waals surface area contributed by atoms with Crippen LogP contribution in [0.4, 0.5) is 13.2 Å². The van der Waals surface area contributed by atoms with Crippen LogP contribution in [-0.4, -0.2) is 25.0 Å². The molecule has 1 aromatic heterocycles. The Hall–Kier alpha value is -2.85. The highest BCUT2D eigenvalue weighted by atomic mass is 32.2. The van der Waals surface area contributed by atoms with E-state index < -0.39 is 21.8 Å². The molecular weight excluding hydrogens is 395 g/mol. The molecule has 2 aromatic carbocycles. The zero-order chi connectivity index (χ0) is 20.5. The van der Waals surface area contributed by atoms with Crippen LogP contribution in [0.1, 0.15) is 5.56 Å². The fourth-order valence-corrected chi connectivity index (χ4v) is 3.25. The molecule has 1 N–H and O–H groups in total. The minimum atomic E-state index is -4.51. The summed E-state index contributed by atoms with van der Waals surface area (Å²) < 4.78 is 72.5. The smallest absolute Gasteiger partial charge is 0.416 e. The van der Waals surface area contributed by atoms with Crippen molar-refractivity contribution in [3.8, 4) is 22.8 Å². The summed E-state index contributed by atoms with van der Waals surface area (Å²) in [6.45, 7) is 0. The molecule has 3 rings (SSSR count). The van der Waals surface area contributed by atoms with E-state index in [2.05, 4.69) is 9.71 Å². The third kappa shape index (κ3) is 4.18. The molecule has 0 radical (unpaired) electrons. The number of nitrogens with zero attached hydrogens (tertiary/aromatic N) is 2. The summed E-state index contributed by atoms with van der Waals surface area (Å²) in [7, 11) is -0.712. The van der Waals surface area contributed by atoms with Gasteiger partial charge in [-0.15, -0.1) is 0 Å². The Morgan fingerprint density at radius 2 is 1.89 bits per heavy atom. The molecule has 3 aromatic rings. The number of aromatic nitrogens is 2. The normalized spacial score (nSPS) is 12.2. The van der Waals surface area contributed by atoms with Gasteiger partial charge < -0.3 is 9.30 Å². The van der Waals surface area contributed by atoms with Crippen molar-refractivity contribution in [2.45, 2.75) is 11.1 Å². The molecule has 0 bridgehead atoms. The van der Waals surface area contributed by atoms with Crippen molar-refractivity contribution in [3.05, 3.63) is 60.6 Å². The van der Waals surface area contributed by atoms with Gasteiger partial charge in [-0.1, -0.05) is 6.07 Å². The topological polar surface area (TPSA) is 73.2 Å². The second kappa shape index (κ2) is 7.28. The zero-order valence-electron chi connectivity index (χ0n) is 14.9. The van der Waals surface area contributed by atoms with Gasteiger partial charge in [-0.2, -0.15) is 13.2 Å². The molecule has 0 fully saturated rings. The average molecular weight is 411 g/mol. The Bertz CT molecular complexity index is 1110. The number of benzene rings is 2. The van der Waals surface area contributed by atoms with Gasteiger partial charge in [0.05, 0.1) is 22.5 Å². The van der Waals surface area contributed by atoms with Crippen LogP contribution >= 0.6 is 0 Å². The summed E-state index contributed by atoms with van der Waals surface area (Å²) in [4.78, 5) is 4.16. The van der Waals surface area contributed by atoms with Crippen molar-refractivity contribution in [2.24, 2.45) is 7.05 Å². The molecular formula is C18H16F3N3O3S. The van der Waals surface area contributed by atoms with Crippen LogP contribution in [0.5, 0.6) is 11.5 Å². The number of rotatable bonds is 5. The lowest BCUT2D eigenvalue weighted by molar-refractivity contribution is -0.137. The molecule has 1 heterocycles. The molecule has 0 amide bonds. The van der Waals surface area contributed by atoms with Gasteiger partial charge in [0.25, 0.3) is 0 Å². The lowest BCUT2D eigenvalue weighted by atomic mass is 10.1. The van der Waals surface area contributed by atoms with Crippen LogP contribution in [0.2, 0.25) is 0 Å². The number of nitrogens with one attached hydrogen (secondary N) is 1. The molecule has 0 saturated carbocycles. The van der Waals surface area contributed by atoms with E-state index in [1.807, 2.05) is 0 Å². The van der Waals surface area contributed by atoms with Crippen LogP contribution in [-0.2, 0) is 23.2 Å². The number of ether oxygens (including phenoxy) is 1. The minimum Gasteiger partial charge on any atom is -0.457 e. The Labute approximate surface area is 159 Å². The molecule has 0 aliphatic rings. The lowest BCUT2D eigenvalue weighted by Gasteiger charge is -2.13. The maximum absolute atomic E-state index is 12.9. The number of imidazole rings is 1. The first kappa shape index (κ1) is 19.9. The average Bonchev–Trinajstić information content (AvgIpc) is 3.07. The molecule has 0 saturated heterocycles. The molecule has 0 aliphatic heterocycles. The van der Waals surface area contributed by atoms with Crippen LogP contribution in [0, 0.1) is 0 Å². The standard InChI is InChI=1S/C18H16F3N3O3S/c1-22-28(25,26)14-6-7-17(15(9-14)16-10-24(2)11-23-16)27-13-5-3-4-12(8-13)18(19,20)21/h3-11,22H,1-2H3. The number of sulfonamides is 1. The molecule has 28 heavy (non-hydrogen) atoms. The van der Waals surface area contributed by atoms with Crippen molar-refractivity contribution < 1.29 is 26.3 Å². The summed E-state index contributed by atoms with van der Waals surface area (Å²) in [6.07, 6.45) is -1.35. The summed E-state index contributed by atoms with van der Waals surface area (Å²) in [5.41, 5.74) is -0.106. The lowest BCUT2D eigenvalue weighted by Crippen LogP contribution is -2.18. The summed E-state index contributed by atoms with van der Waals surface area (Å²) >= 11 is 0. The van der Waals surface area contributed by atoms with Crippen molar-refractivity contribution in [1.82, 2.24) is 14.3 Å². The third-order valence-electron chi connectivity index (χ3n) is 3.90. The second-order valence-corrected chi connectivity index (χ2v) is 7.80. The highest BCUT2D eigenvalue weighted by molar-refractivity contribution is 7.89. The van der Waals surface area contributed by atoms with Gasteiger partial charge in [-0.05, 0) is 43.4 Å². The van der Waals surface area contributed by atoms with Crippen LogP contribution < -0.4 is 9.46 Å². The van der Waals surface area contributed by atoms with Gasteiger partial charge in [-0.3, -0.25) is 0 Å². The Kier molecular flexibility index (Phi) is 5.18. The molecule has 0 spiro atoms. The largest absolute Gasteiger partial charge is 0.457 e. The first-order valence-electron chi connectivity index (χ1n) is 8.01. The number of alkyl halides is 3. The monoisotopic (exact) mass is 411 g/mol. The van der Waals surface area contributed by atoms with Crippen LogP contribution in [0.3, 0.4) is 0 Å². The van der Waals surface area contributed by atoms with Crippen LogP contribution in [0.15, 0.2) is 59.9 Å². The van der Waals surface area contributed by atoms with Crippen LogP contribution in [0.25, 0.3) is 11.3 Å². The van der Waals surface area contributed by atoms with Gasteiger partial charge in [0.15, 0.2) is 0 Å². The van der Waals surface area contributed by atoms with Gasteiger partial charge >= 0.3 is 6.18 Å². The van der Waals surface area contributed by atoms with Crippen molar-refractivity contribution in [2.75, 3.05) is 7.05 Å².